The van der Waals surface area contributed by atoms with Crippen LogP contribution in [0.25, 0.3) is 22.2 Å². The van der Waals surface area contributed by atoms with Crippen LogP contribution in [0.15, 0.2) is 37.2 Å². The first kappa shape index (κ1) is 17.6. The number of rotatable bonds is 3. The van der Waals surface area contributed by atoms with Crippen LogP contribution in [0.3, 0.4) is 0 Å². The van der Waals surface area contributed by atoms with Gasteiger partial charge in [0.15, 0.2) is 0 Å². The van der Waals surface area contributed by atoms with Crippen molar-refractivity contribution in [3.8, 4) is 11.1 Å². The first-order chi connectivity index (χ1) is 13.8. The fraction of sp³-hybridized carbons (Fsp3) is 0.500. The molecule has 6 nitrogen and oxygen atoms in total. The minimum atomic E-state index is 0.327. The Kier molecular flexibility index (Phi) is 4.51. The van der Waals surface area contributed by atoms with Crippen molar-refractivity contribution in [1.82, 2.24) is 24.8 Å². The maximum absolute atomic E-state index is 4.58. The molecular formula is C22H28N6. The van der Waals surface area contributed by atoms with E-state index < -0.39 is 0 Å². The molecule has 2 saturated heterocycles. The van der Waals surface area contributed by atoms with Gasteiger partial charge in [0, 0.05) is 60.2 Å². The van der Waals surface area contributed by atoms with Gasteiger partial charge in [-0.1, -0.05) is 13.3 Å². The Morgan fingerprint density at radius 3 is 2.82 bits per heavy atom. The zero-order chi connectivity index (χ0) is 19.0. The molecule has 0 aromatic carbocycles. The van der Waals surface area contributed by atoms with Crippen LogP contribution in [0.5, 0.6) is 0 Å². The third-order valence-electron chi connectivity index (χ3n) is 6.69. The lowest BCUT2D eigenvalue weighted by molar-refractivity contribution is 0.0384. The minimum Gasteiger partial charge on any atom is -0.369 e. The quantitative estimate of drug-likeness (QED) is 0.752. The highest BCUT2D eigenvalue weighted by molar-refractivity contribution is 6.02. The maximum atomic E-state index is 4.58. The number of piperidine rings is 2. The van der Waals surface area contributed by atoms with Gasteiger partial charge in [0.1, 0.15) is 12.0 Å². The van der Waals surface area contributed by atoms with E-state index in [-0.39, 0.29) is 0 Å². The average Bonchev–Trinajstić information content (AvgIpc) is 3.19. The molecule has 0 saturated carbocycles. The van der Waals surface area contributed by atoms with Crippen molar-refractivity contribution in [3.05, 3.63) is 37.2 Å². The number of nitrogens with zero attached hydrogens (tertiary/aromatic N) is 5. The standard InChI is InChI=1S/C22H28N6/c1-2-28-11-4-3-7-22(28)8-5-10-27(15-22)19-6-9-25-21-20(19)18(14-26-21)17-12-23-16-24-13-17/h6,9,12-14,16H,2-5,7-8,10-11,15H2,1H3,(H,25,26)/t22-/m1/s1. The summed E-state index contributed by atoms with van der Waals surface area (Å²) in [5, 5.41) is 1.19. The first-order valence-corrected chi connectivity index (χ1v) is 10.5. The van der Waals surface area contributed by atoms with Gasteiger partial charge in [-0.3, -0.25) is 4.90 Å². The van der Waals surface area contributed by atoms with Crippen LogP contribution in [0.2, 0.25) is 0 Å². The third-order valence-corrected chi connectivity index (χ3v) is 6.69. The van der Waals surface area contributed by atoms with Gasteiger partial charge < -0.3 is 9.88 Å². The van der Waals surface area contributed by atoms with Crippen LogP contribution in [0, 0.1) is 0 Å². The van der Waals surface area contributed by atoms with Gasteiger partial charge in [-0.25, -0.2) is 15.0 Å². The van der Waals surface area contributed by atoms with Gasteiger partial charge in [0.05, 0.1) is 5.39 Å². The number of aromatic nitrogens is 4. The van der Waals surface area contributed by atoms with Gasteiger partial charge in [0.25, 0.3) is 0 Å². The van der Waals surface area contributed by atoms with Crippen molar-refractivity contribution >= 4 is 16.7 Å². The smallest absolute Gasteiger partial charge is 0.139 e. The Bertz CT molecular complexity index is 948. The summed E-state index contributed by atoms with van der Waals surface area (Å²) in [5.41, 5.74) is 4.71. The average molecular weight is 377 g/mol. The molecule has 0 radical (unpaired) electrons. The summed E-state index contributed by atoms with van der Waals surface area (Å²) in [6.07, 6.45) is 15.9. The van der Waals surface area contributed by atoms with E-state index in [0.717, 1.165) is 36.4 Å². The molecule has 5 heterocycles. The summed E-state index contributed by atoms with van der Waals surface area (Å²) in [5.74, 6) is 0. The van der Waals surface area contributed by atoms with E-state index in [9.17, 15) is 0 Å². The molecule has 1 N–H and O–H groups in total. The number of fused-ring (bicyclic) bond motifs is 1. The van der Waals surface area contributed by atoms with Crippen molar-refractivity contribution in [2.45, 2.75) is 44.6 Å². The molecule has 2 aliphatic rings. The Morgan fingerprint density at radius 2 is 1.96 bits per heavy atom. The first-order valence-electron chi connectivity index (χ1n) is 10.5. The van der Waals surface area contributed by atoms with E-state index in [4.69, 9.17) is 0 Å². The zero-order valence-electron chi connectivity index (χ0n) is 16.6. The van der Waals surface area contributed by atoms with Gasteiger partial charge in [-0.05, 0) is 44.8 Å². The van der Waals surface area contributed by atoms with Crippen LogP contribution in [-0.4, -0.2) is 56.6 Å². The van der Waals surface area contributed by atoms with E-state index >= 15 is 0 Å². The number of hydrogen-bond donors (Lipinski definition) is 1. The number of pyridine rings is 1. The molecule has 3 aromatic rings. The molecule has 0 aliphatic carbocycles. The van der Waals surface area contributed by atoms with Crippen molar-refractivity contribution in [2.24, 2.45) is 0 Å². The van der Waals surface area contributed by atoms with Gasteiger partial charge in [0.2, 0.25) is 0 Å². The van der Waals surface area contributed by atoms with Crippen molar-refractivity contribution in [3.63, 3.8) is 0 Å². The number of hydrogen-bond acceptors (Lipinski definition) is 5. The lowest BCUT2D eigenvalue weighted by Crippen LogP contribution is -2.60. The maximum Gasteiger partial charge on any atom is 0.139 e. The van der Waals surface area contributed by atoms with Crippen LogP contribution in [0.4, 0.5) is 5.69 Å². The summed E-state index contributed by atoms with van der Waals surface area (Å²) in [6.45, 7) is 6.92. The summed E-state index contributed by atoms with van der Waals surface area (Å²) in [7, 11) is 0. The van der Waals surface area contributed by atoms with Crippen LogP contribution >= 0.6 is 0 Å². The molecule has 1 spiro atoms. The predicted octanol–water partition coefficient (Wildman–Crippen LogP) is 3.86. The van der Waals surface area contributed by atoms with Crippen LogP contribution in [0.1, 0.15) is 39.0 Å². The molecule has 0 unspecified atom stereocenters. The van der Waals surface area contributed by atoms with Crippen LogP contribution < -0.4 is 4.90 Å². The largest absolute Gasteiger partial charge is 0.369 e. The second kappa shape index (κ2) is 7.17. The number of anilines is 1. The SMILES string of the molecule is CCN1CCCC[C@]12CCCN(c1ccnc3[nH]cc(-c4cncnc4)c13)C2. The van der Waals surface area contributed by atoms with E-state index in [1.54, 1.807) is 6.33 Å². The fourth-order valence-electron chi connectivity index (χ4n) is 5.39. The molecule has 3 aromatic heterocycles. The Labute approximate surface area is 166 Å². The van der Waals surface area contributed by atoms with Crippen molar-refractivity contribution in [2.75, 3.05) is 31.1 Å². The summed E-state index contributed by atoms with van der Waals surface area (Å²) < 4.78 is 0. The molecule has 1 atom stereocenters. The lowest BCUT2D eigenvalue weighted by atomic mass is 9.79. The second-order valence-electron chi connectivity index (χ2n) is 8.17. The molecule has 5 rings (SSSR count). The van der Waals surface area contributed by atoms with Crippen molar-refractivity contribution < 1.29 is 0 Å². The Balaban J connectivity index is 1.57. The van der Waals surface area contributed by atoms with Gasteiger partial charge in [-0.2, -0.15) is 0 Å². The topological polar surface area (TPSA) is 60.9 Å². The highest BCUT2D eigenvalue weighted by Gasteiger charge is 2.41. The monoisotopic (exact) mass is 376 g/mol. The third kappa shape index (κ3) is 2.87. The van der Waals surface area contributed by atoms with E-state index in [1.807, 2.05) is 24.8 Å². The lowest BCUT2D eigenvalue weighted by Gasteiger charge is -2.52. The number of likely N-dealkylation sites (tertiary alicyclic amines) is 1. The molecular weight excluding hydrogens is 348 g/mol. The van der Waals surface area contributed by atoms with E-state index in [1.165, 1.54) is 49.7 Å². The van der Waals surface area contributed by atoms with Crippen LogP contribution in [-0.2, 0) is 0 Å². The highest BCUT2D eigenvalue weighted by Crippen LogP contribution is 2.40. The van der Waals surface area contributed by atoms with Gasteiger partial charge in [-0.15, -0.1) is 0 Å². The zero-order valence-corrected chi connectivity index (χ0v) is 16.6. The van der Waals surface area contributed by atoms with Crippen molar-refractivity contribution in [1.29, 1.82) is 0 Å². The molecule has 28 heavy (non-hydrogen) atoms. The Hall–Kier alpha value is -2.47. The Morgan fingerprint density at radius 1 is 1.11 bits per heavy atom. The predicted molar refractivity (Wildman–Crippen MR) is 112 cm³/mol. The fourth-order valence-corrected chi connectivity index (χ4v) is 5.39. The number of H-pyrrole nitrogens is 1. The number of likely N-dealkylation sites (N-methyl/N-ethyl adjacent to an activating group) is 1. The minimum absolute atomic E-state index is 0.327. The molecule has 6 heteroatoms. The summed E-state index contributed by atoms with van der Waals surface area (Å²) in [6, 6.07) is 2.18. The normalized spacial score (nSPS) is 23.5. The van der Waals surface area contributed by atoms with Gasteiger partial charge >= 0.3 is 0 Å². The van der Waals surface area contributed by atoms with E-state index in [2.05, 4.69) is 42.7 Å². The summed E-state index contributed by atoms with van der Waals surface area (Å²) >= 11 is 0. The number of aromatic amines is 1. The van der Waals surface area contributed by atoms with E-state index in [0.29, 0.717) is 5.54 Å². The molecule has 0 amide bonds. The second-order valence-corrected chi connectivity index (χ2v) is 8.17. The molecule has 0 bridgehead atoms. The molecule has 2 fully saturated rings. The molecule has 2 aliphatic heterocycles. The highest BCUT2D eigenvalue weighted by atomic mass is 15.3. The number of nitrogens with one attached hydrogen (secondary N) is 1. The molecule has 146 valence electrons. The summed E-state index contributed by atoms with van der Waals surface area (Å²) in [4.78, 5) is 21.7.